The first-order valence-electron chi connectivity index (χ1n) is 5.85. The fraction of sp³-hybridized carbons (Fsp3) is 0.692. The molecule has 0 amide bonds. The molecule has 0 bridgehead atoms. The van der Waals surface area contributed by atoms with Crippen molar-refractivity contribution in [2.45, 2.75) is 39.8 Å². The smallest absolute Gasteiger partial charge is 0.110 e. The Morgan fingerprint density at radius 2 is 2.31 bits per heavy atom. The molecule has 1 nitrogen and oxygen atoms in total. The van der Waals surface area contributed by atoms with Crippen LogP contribution in [0.4, 0.5) is 8.78 Å². The molecule has 1 rings (SSSR count). The summed E-state index contributed by atoms with van der Waals surface area (Å²) < 4.78 is 32.3. The highest BCUT2D eigenvalue weighted by molar-refractivity contribution is 5.06. The summed E-state index contributed by atoms with van der Waals surface area (Å²) in [6.07, 6.45) is 3.34. The molecule has 1 aliphatic carbocycles. The summed E-state index contributed by atoms with van der Waals surface area (Å²) in [7, 11) is 0. The Hall–Kier alpha value is -0.860. The molecule has 0 N–H and O–H groups in total. The van der Waals surface area contributed by atoms with Crippen LogP contribution in [0.3, 0.4) is 0 Å². The molecule has 1 aliphatic rings. The topological polar surface area (TPSA) is 9.23 Å². The Balaban J connectivity index is 2.53. The fourth-order valence-corrected chi connectivity index (χ4v) is 1.93. The number of alkyl halides is 1. The molecular formula is C13H20F2O. The predicted octanol–water partition coefficient (Wildman–Crippen LogP) is 4.16. The van der Waals surface area contributed by atoms with Crippen molar-refractivity contribution in [3.05, 3.63) is 23.7 Å². The fourth-order valence-electron chi connectivity index (χ4n) is 1.93. The Labute approximate surface area is 96.2 Å². The van der Waals surface area contributed by atoms with Gasteiger partial charge >= 0.3 is 0 Å². The molecule has 0 heterocycles. The van der Waals surface area contributed by atoms with Crippen LogP contribution in [0, 0.1) is 11.8 Å². The zero-order chi connectivity index (χ0) is 12.1. The van der Waals surface area contributed by atoms with Crippen molar-refractivity contribution in [2.75, 3.05) is 6.61 Å². The lowest BCUT2D eigenvalue weighted by atomic mass is 9.83. The summed E-state index contributed by atoms with van der Waals surface area (Å²) in [6, 6.07) is 0. The maximum Gasteiger partial charge on any atom is 0.110 e. The van der Waals surface area contributed by atoms with Crippen LogP contribution in [-0.2, 0) is 4.74 Å². The molecule has 16 heavy (non-hydrogen) atoms. The van der Waals surface area contributed by atoms with Gasteiger partial charge in [0.05, 0.1) is 18.2 Å². The standard InChI is InChI=1S/C13H20F2O/c1-4-5-9(2)16-8-11-10(3)12(14)6-7-13(11)15/h5-6,10-11,13H,4,7-8H2,1-3H3/b9-5+/t10-,11?,13?/m0/s1. The van der Waals surface area contributed by atoms with Gasteiger partial charge in [-0.05, 0) is 31.9 Å². The summed E-state index contributed by atoms with van der Waals surface area (Å²) in [4.78, 5) is 0. The quantitative estimate of drug-likeness (QED) is 0.659. The van der Waals surface area contributed by atoms with Gasteiger partial charge in [-0.25, -0.2) is 8.78 Å². The van der Waals surface area contributed by atoms with E-state index in [9.17, 15) is 8.78 Å². The van der Waals surface area contributed by atoms with Crippen LogP contribution in [0.15, 0.2) is 23.7 Å². The second kappa shape index (κ2) is 6.02. The highest BCUT2D eigenvalue weighted by Gasteiger charge is 2.33. The van der Waals surface area contributed by atoms with Gasteiger partial charge in [0.2, 0.25) is 0 Å². The van der Waals surface area contributed by atoms with Crippen LogP contribution in [0.1, 0.15) is 33.6 Å². The third-order valence-electron chi connectivity index (χ3n) is 3.07. The third-order valence-corrected chi connectivity index (χ3v) is 3.07. The molecule has 0 spiro atoms. The van der Waals surface area contributed by atoms with E-state index in [4.69, 9.17) is 4.74 Å². The molecule has 0 radical (unpaired) electrons. The second-order valence-corrected chi connectivity index (χ2v) is 4.33. The van der Waals surface area contributed by atoms with Crippen LogP contribution >= 0.6 is 0 Å². The van der Waals surface area contributed by atoms with Crippen molar-refractivity contribution in [1.82, 2.24) is 0 Å². The lowest BCUT2D eigenvalue weighted by Gasteiger charge is -2.29. The summed E-state index contributed by atoms with van der Waals surface area (Å²) in [5, 5.41) is 0. The zero-order valence-corrected chi connectivity index (χ0v) is 10.2. The summed E-state index contributed by atoms with van der Waals surface area (Å²) in [5.41, 5.74) is 0. The first kappa shape index (κ1) is 13.2. The van der Waals surface area contributed by atoms with Crippen molar-refractivity contribution in [1.29, 1.82) is 0 Å². The second-order valence-electron chi connectivity index (χ2n) is 4.33. The molecule has 0 aromatic heterocycles. The van der Waals surface area contributed by atoms with Crippen molar-refractivity contribution >= 4 is 0 Å². The van der Waals surface area contributed by atoms with E-state index in [1.165, 1.54) is 6.08 Å². The molecule has 0 saturated heterocycles. The monoisotopic (exact) mass is 230 g/mol. The first-order chi connectivity index (χ1) is 7.56. The van der Waals surface area contributed by atoms with Crippen LogP contribution in [-0.4, -0.2) is 12.8 Å². The molecule has 0 aliphatic heterocycles. The lowest BCUT2D eigenvalue weighted by Crippen LogP contribution is -2.30. The molecule has 92 valence electrons. The van der Waals surface area contributed by atoms with Gasteiger partial charge in [0.1, 0.15) is 6.17 Å². The van der Waals surface area contributed by atoms with E-state index >= 15 is 0 Å². The number of rotatable bonds is 4. The average Bonchev–Trinajstić information content (AvgIpc) is 2.24. The minimum Gasteiger partial charge on any atom is -0.498 e. The Morgan fingerprint density at radius 1 is 1.62 bits per heavy atom. The molecular weight excluding hydrogens is 210 g/mol. The number of halogens is 2. The molecule has 0 aromatic carbocycles. The van der Waals surface area contributed by atoms with Gasteiger partial charge in [-0.1, -0.05) is 13.8 Å². The van der Waals surface area contributed by atoms with Gasteiger partial charge in [-0.3, -0.25) is 0 Å². The Morgan fingerprint density at radius 3 is 2.94 bits per heavy atom. The molecule has 0 aromatic rings. The largest absolute Gasteiger partial charge is 0.498 e. The third kappa shape index (κ3) is 3.32. The van der Waals surface area contributed by atoms with Crippen LogP contribution in [0.5, 0.6) is 0 Å². The first-order valence-corrected chi connectivity index (χ1v) is 5.85. The molecule has 0 saturated carbocycles. The number of hydrogen-bond acceptors (Lipinski definition) is 1. The molecule has 3 heteroatoms. The van der Waals surface area contributed by atoms with Gasteiger partial charge < -0.3 is 4.74 Å². The number of hydrogen-bond donors (Lipinski definition) is 0. The normalized spacial score (nSPS) is 31.2. The number of allylic oxidation sites excluding steroid dienone is 4. The van der Waals surface area contributed by atoms with E-state index in [1.54, 1.807) is 6.92 Å². The highest BCUT2D eigenvalue weighted by Crippen LogP contribution is 2.33. The maximum atomic E-state index is 13.6. The zero-order valence-electron chi connectivity index (χ0n) is 10.2. The van der Waals surface area contributed by atoms with E-state index < -0.39 is 6.17 Å². The van der Waals surface area contributed by atoms with Gasteiger partial charge in [0.25, 0.3) is 0 Å². The van der Waals surface area contributed by atoms with E-state index in [0.29, 0.717) is 0 Å². The molecule has 3 atom stereocenters. The molecule has 2 unspecified atom stereocenters. The summed E-state index contributed by atoms with van der Waals surface area (Å²) in [6.45, 7) is 5.82. The van der Waals surface area contributed by atoms with Crippen LogP contribution in [0.25, 0.3) is 0 Å². The van der Waals surface area contributed by atoms with Gasteiger partial charge in [-0.15, -0.1) is 0 Å². The van der Waals surface area contributed by atoms with Crippen molar-refractivity contribution in [3.8, 4) is 0 Å². The van der Waals surface area contributed by atoms with Gasteiger partial charge in [-0.2, -0.15) is 0 Å². The predicted molar refractivity (Wildman–Crippen MR) is 61.4 cm³/mol. The molecule has 0 fully saturated rings. The van der Waals surface area contributed by atoms with Crippen molar-refractivity contribution < 1.29 is 13.5 Å². The minimum absolute atomic E-state index is 0.167. The Kier molecular flexibility index (Phi) is 4.97. The average molecular weight is 230 g/mol. The highest BCUT2D eigenvalue weighted by atomic mass is 19.1. The summed E-state index contributed by atoms with van der Waals surface area (Å²) in [5.74, 6) is -0.167. The minimum atomic E-state index is -0.996. The SMILES string of the molecule is CC/C=C(\C)OCC1C(F)CC=C(F)[C@H]1C. The lowest BCUT2D eigenvalue weighted by molar-refractivity contribution is 0.0707. The van der Waals surface area contributed by atoms with Gasteiger partial charge in [0.15, 0.2) is 0 Å². The van der Waals surface area contributed by atoms with E-state index in [0.717, 1.165) is 12.2 Å². The van der Waals surface area contributed by atoms with E-state index in [-0.39, 0.29) is 30.7 Å². The van der Waals surface area contributed by atoms with E-state index in [2.05, 4.69) is 0 Å². The van der Waals surface area contributed by atoms with Crippen molar-refractivity contribution in [2.24, 2.45) is 11.8 Å². The van der Waals surface area contributed by atoms with Crippen molar-refractivity contribution in [3.63, 3.8) is 0 Å². The number of ether oxygens (including phenoxy) is 1. The maximum absolute atomic E-state index is 13.6. The van der Waals surface area contributed by atoms with Gasteiger partial charge in [0, 0.05) is 11.8 Å². The van der Waals surface area contributed by atoms with E-state index in [1.807, 2.05) is 19.9 Å². The Bertz CT molecular complexity index is 284. The summed E-state index contributed by atoms with van der Waals surface area (Å²) >= 11 is 0. The van der Waals surface area contributed by atoms with Crippen LogP contribution in [0.2, 0.25) is 0 Å². The van der Waals surface area contributed by atoms with Crippen LogP contribution < -0.4 is 0 Å².